The minimum atomic E-state index is 0.690. The molecule has 0 atom stereocenters. The SMILES string of the molecule is COc1ccc(NCc2csc(-c3ccccn3)n2)cc1. The Kier molecular flexibility index (Phi) is 4.12. The largest absolute Gasteiger partial charge is 0.497 e. The van der Waals surface area contributed by atoms with E-state index in [0.29, 0.717) is 6.54 Å². The lowest BCUT2D eigenvalue weighted by atomic mass is 10.3. The smallest absolute Gasteiger partial charge is 0.142 e. The molecule has 3 rings (SSSR count). The fourth-order valence-electron chi connectivity index (χ4n) is 1.90. The predicted molar refractivity (Wildman–Crippen MR) is 85.7 cm³/mol. The maximum atomic E-state index is 5.14. The van der Waals surface area contributed by atoms with Gasteiger partial charge in [-0.1, -0.05) is 6.07 Å². The van der Waals surface area contributed by atoms with E-state index in [1.807, 2.05) is 42.5 Å². The number of nitrogens with one attached hydrogen (secondary N) is 1. The number of benzene rings is 1. The number of pyridine rings is 1. The van der Waals surface area contributed by atoms with E-state index in [4.69, 9.17) is 4.74 Å². The van der Waals surface area contributed by atoms with E-state index in [1.54, 1.807) is 24.6 Å². The Morgan fingerprint density at radius 1 is 1.14 bits per heavy atom. The molecule has 0 saturated heterocycles. The van der Waals surface area contributed by atoms with Crippen molar-refractivity contribution >= 4 is 17.0 Å². The summed E-state index contributed by atoms with van der Waals surface area (Å²) in [6.45, 7) is 0.690. The third kappa shape index (κ3) is 3.38. The molecule has 0 aliphatic heterocycles. The Labute approximate surface area is 127 Å². The maximum Gasteiger partial charge on any atom is 0.142 e. The molecule has 5 heteroatoms. The summed E-state index contributed by atoms with van der Waals surface area (Å²) in [7, 11) is 1.66. The summed E-state index contributed by atoms with van der Waals surface area (Å²) in [6.07, 6.45) is 1.78. The third-order valence-corrected chi connectivity index (χ3v) is 3.91. The summed E-state index contributed by atoms with van der Waals surface area (Å²) >= 11 is 1.61. The van der Waals surface area contributed by atoms with E-state index in [-0.39, 0.29) is 0 Å². The average molecular weight is 297 g/mol. The molecule has 106 valence electrons. The second kappa shape index (κ2) is 6.37. The lowest BCUT2D eigenvalue weighted by Crippen LogP contribution is -1.99. The Hall–Kier alpha value is -2.40. The minimum absolute atomic E-state index is 0.690. The fraction of sp³-hybridized carbons (Fsp3) is 0.125. The van der Waals surface area contributed by atoms with E-state index < -0.39 is 0 Å². The van der Waals surface area contributed by atoms with Crippen molar-refractivity contribution in [3.8, 4) is 16.5 Å². The summed E-state index contributed by atoms with van der Waals surface area (Å²) in [5, 5.41) is 6.35. The van der Waals surface area contributed by atoms with Crippen molar-refractivity contribution in [2.24, 2.45) is 0 Å². The Balaban J connectivity index is 1.64. The molecule has 0 saturated carbocycles. The van der Waals surface area contributed by atoms with E-state index in [1.165, 1.54) is 0 Å². The number of nitrogens with zero attached hydrogens (tertiary/aromatic N) is 2. The van der Waals surface area contributed by atoms with Crippen LogP contribution in [0.4, 0.5) is 5.69 Å². The van der Waals surface area contributed by atoms with Crippen LogP contribution in [-0.2, 0) is 6.54 Å². The molecule has 4 nitrogen and oxygen atoms in total. The molecular formula is C16H15N3OS. The van der Waals surface area contributed by atoms with Crippen LogP contribution in [0.25, 0.3) is 10.7 Å². The van der Waals surface area contributed by atoms with Crippen molar-refractivity contribution in [2.45, 2.75) is 6.54 Å². The average Bonchev–Trinajstić information content (AvgIpc) is 3.03. The molecule has 0 aliphatic rings. The van der Waals surface area contributed by atoms with Crippen molar-refractivity contribution in [2.75, 3.05) is 12.4 Å². The van der Waals surface area contributed by atoms with Crippen LogP contribution in [0.5, 0.6) is 5.75 Å². The Bertz CT molecular complexity index is 695. The van der Waals surface area contributed by atoms with Crippen molar-refractivity contribution in [3.63, 3.8) is 0 Å². The lowest BCUT2D eigenvalue weighted by Gasteiger charge is -2.05. The van der Waals surface area contributed by atoms with Gasteiger partial charge in [0.05, 0.1) is 25.0 Å². The number of rotatable bonds is 5. The molecular weight excluding hydrogens is 282 g/mol. The molecule has 0 radical (unpaired) electrons. The first-order valence-electron chi connectivity index (χ1n) is 6.59. The second-order valence-electron chi connectivity index (χ2n) is 4.44. The summed E-state index contributed by atoms with van der Waals surface area (Å²) < 4.78 is 5.14. The van der Waals surface area contributed by atoms with Gasteiger partial charge in [-0.25, -0.2) is 4.98 Å². The summed E-state index contributed by atoms with van der Waals surface area (Å²) in [5.74, 6) is 0.853. The van der Waals surface area contributed by atoms with Crippen molar-refractivity contribution in [1.29, 1.82) is 0 Å². The molecule has 0 unspecified atom stereocenters. The van der Waals surface area contributed by atoms with E-state index in [0.717, 1.165) is 27.8 Å². The van der Waals surface area contributed by atoms with Gasteiger partial charge in [0.1, 0.15) is 10.8 Å². The summed E-state index contributed by atoms with van der Waals surface area (Å²) in [4.78, 5) is 8.91. The van der Waals surface area contributed by atoms with Crippen LogP contribution in [0.15, 0.2) is 54.0 Å². The molecule has 0 spiro atoms. The number of methoxy groups -OCH3 is 1. The molecule has 0 amide bonds. The molecule has 0 bridgehead atoms. The van der Waals surface area contributed by atoms with Crippen molar-refractivity contribution in [3.05, 3.63) is 59.7 Å². The van der Waals surface area contributed by atoms with Crippen LogP contribution in [0.3, 0.4) is 0 Å². The zero-order valence-corrected chi connectivity index (χ0v) is 12.4. The quantitative estimate of drug-likeness (QED) is 0.777. The summed E-state index contributed by atoms with van der Waals surface area (Å²) in [6, 6.07) is 13.7. The van der Waals surface area contributed by atoms with Crippen LogP contribution >= 0.6 is 11.3 Å². The van der Waals surface area contributed by atoms with E-state index in [2.05, 4.69) is 20.7 Å². The van der Waals surface area contributed by atoms with Gasteiger partial charge in [-0.05, 0) is 36.4 Å². The van der Waals surface area contributed by atoms with E-state index in [9.17, 15) is 0 Å². The fourth-order valence-corrected chi connectivity index (χ4v) is 2.69. The molecule has 2 aromatic heterocycles. The highest BCUT2D eigenvalue weighted by Crippen LogP contribution is 2.22. The van der Waals surface area contributed by atoms with Gasteiger partial charge in [0, 0.05) is 17.3 Å². The molecule has 0 aliphatic carbocycles. The van der Waals surface area contributed by atoms with Gasteiger partial charge >= 0.3 is 0 Å². The standard InChI is InChI=1S/C16H15N3OS/c1-20-14-7-5-12(6-8-14)18-10-13-11-21-16(19-13)15-4-2-3-9-17-15/h2-9,11,18H,10H2,1H3. The van der Waals surface area contributed by atoms with E-state index >= 15 is 0 Å². The number of aromatic nitrogens is 2. The first-order valence-corrected chi connectivity index (χ1v) is 7.47. The zero-order valence-electron chi connectivity index (χ0n) is 11.6. The highest BCUT2D eigenvalue weighted by atomic mass is 32.1. The molecule has 1 N–H and O–H groups in total. The van der Waals surface area contributed by atoms with Crippen LogP contribution < -0.4 is 10.1 Å². The summed E-state index contributed by atoms with van der Waals surface area (Å²) in [5.41, 5.74) is 2.97. The normalized spacial score (nSPS) is 10.3. The molecule has 2 heterocycles. The number of thiazole rings is 1. The van der Waals surface area contributed by atoms with Gasteiger partial charge in [0.15, 0.2) is 0 Å². The topological polar surface area (TPSA) is 47.0 Å². The Morgan fingerprint density at radius 2 is 2.00 bits per heavy atom. The third-order valence-electron chi connectivity index (χ3n) is 3.00. The first-order chi connectivity index (χ1) is 10.3. The zero-order chi connectivity index (χ0) is 14.5. The van der Waals surface area contributed by atoms with Gasteiger partial charge in [-0.15, -0.1) is 11.3 Å². The predicted octanol–water partition coefficient (Wildman–Crippen LogP) is 3.83. The maximum absolute atomic E-state index is 5.14. The number of hydrogen-bond donors (Lipinski definition) is 1. The number of anilines is 1. The number of ether oxygens (including phenoxy) is 1. The van der Waals surface area contributed by atoms with Crippen LogP contribution in [0.2, 0.25) is 0 Å². The molecule has 1 aromatic carbocycles. The second-order valence-corrected chi connectivity index (χ2v) is 5.30. The Morgan fingerprint density at radius 3 is 2.71 bits per heavy atom. The highest BCUT2D eigenvalue weighted by molar-refractivity contribution is 7.13. The van der Waals surface area contributed by atoms with Gasteiger partial charge in [-0.3, -0.25) is 4.98 Å². The first kappa shape index (κ1) is 13.6. The highest BCUT2D eigenvalue weighted by Gasteiger charge is 2.05. The van der Waals surface area contributed by atoms with Gasteiger partial charge < -0.3 is 10.1 Å². The molecule has 0 fully saturated rings. The van der Waals surface area contributed by atoms with Crippen LogP contribution in [0.1, 0.15) is 5.69 Å². The monoisotopic (exact) mass is 297 g/mol. The van der Waals surface area contributed by atoms with Gasteiger partial charge in [0.2, 0.25) is 0 Å². The van der Waals surface area contributed by atoms with Gasteiger partial charge in [0.25, 0.3) is 0 Å². The van der Waals surface area contributed by atoms with Crippen molar-refractivity contribution in [1.82, 2.24) is 9.97 Å². The minimum Gasteiger partial charge on any atom is -0.497 e. The van der Waals surface area contributed by atoms with Crippen LogP contribution in [-0.4, -0.2) is 17.1 Å². The lowest BCUT2D eigenvalue weighted by molar-refractivity contribution is 0.415. The molecule has 3 aromatic rings. The van der Waals surface area contributed by atoms with Crippen LogP contribution in [0, 0.1) is 0 Å². The van der Waals surface area contributed by atoms with Gasteiger partial charge in [-0.2, -0.15) is 0 Å². The number of hydrogen-bond acceptors (Lipinski definition) is 5. The van der Waals surface area contributed by atoms with Crippen molar-refractivity contribution < 1.29 is 4.74 Å². The molecule has 21 heavy (non-hydrogen) atoms.